The molecule has 2 amide bonds. The van der Waals surface area contributed by atoms with Gasteiger partial charge in [-0.2, -0.15) is 0 Å². The summed E-state index contributed by atoms with van der Waals surface area (Å²) in [7, 11) is 0. The Morgan fingerprint density at radius 1 is 1.11 bits per heavy atom. The van der Waals surface area contributed by atoms with E-state index in [1.807, 2.05) is 31.2 Å². The Kier molecular flexibility index (Phi) is 8.43. The highest BCUT2D eigenvalue weighted by Crippen LogP contribution is 2.33. The highest BCUT2D eigenvalue weighted by molar-refractivity contribution is 6.11. The van der Waals surface area contributed by atoms with Crippen molar-refractivity contribution in [2.45, 2.75) is 52.2 Å². The highest BCUT2D eigenvalue weighted by Gasteiger charge is 2.36. The van der Waals surface area contributed by atoms with Crippen LogP contribution in [0.15, 0.2) is 67.0 Å². The van der Waals surface area contributed by atoms with Gasteiger partial charge in [-0.05, 0) is 81.8 Å². The van der Waals surface area contributed by atoms with Crippen molar-refractivity contribution in [2.24, 2.45) is 0 Å². The maximum absolute atomic E-state index is 15.7. The van der Waals surface area contributed by atoms with E-state index < -0.39 is 34.4 Å². The van der Waals surface area contributed by atoms with E-state index in [1.165, 1.54) is 35.4 Å². The average molecular weight is 601 g/mol. The van der Waals surface area contributed by atoms with Crippen molar-refractivity contribution in [3.63, 3.8) is 0 Å². The van der Waals surface area contributed by atoms with Gasteiger partial charge in [0.2, 0.25) is 5.82 Å². The SMILES string of the molecule is Cc1cccc2ccnc(N(C(=O)c3ccc(Nc4ncccc4[N+](=O)[O-])cc3F)[C@@H]3CCCN(C(=O)OC(C)(C)C)C3)c12. The van der Waals surface area contributed by atoms with E-state index in [9.17, 15) is 19.7 Å². The summed E-state index contributed by atoms with van der Waals surface area (Å²) in [5, 5.41) is 15.8. The van der Waals surface area contributed by atoms with Gasteiger partial charge in [-0.15, -0.1) is 0 Å². The molecule has 2 aromatic heterocycles. The molecule has 1 atom stereocenters. The van der Waals surface area contributed by atoms with Crippen molar-refractivity contribution in [2.75, 3.05) is 23.3 Å². The summed E-state index contributed by atoms with van der Waals surface area (Å²) in [4.78, 5) is 49.8. The minimum Gasteiger partial charge on any atom is -0.444 e. The molecule has 0 bridgehead atoms. The van der Waals surface area contributed by atoms with Gasteiger partial charge < -0.3 is 15.0 Å². The lowest BCUT2D eigenvalue weighted by molar-refractivity contribution is -0.384. The van der Waals surface area contributed by atoms with E-state index in [1.54, 1.807) is 31.9 Å². The highest BCUT2D eigenvalue weighted by atomic mass is 19.1. The Morgan fingerprint density at radius 3 is 2.64 bits per heavy atom. The molecule has 0 spiro atoms. The zero-order chi connectivity index (χ0) is 31.6. The minimum absolute atomic E-state index is 0.0579. The Hall–Kier alpha value is -5.13. The number of carbonyl (C=O) groups excluding carboxylic acids is 2. The van der Waals surface area contributed by atoms with Gasteiger partial charge in [0.25, 0.3) is 5.91 Å². The normalized spacial score (nSPS) is 15.1. The molecule has 1 saturated heterocycles. The molecule has 44 heavy (non-hydrogen) atoms. The zero-order valence-electron chi connectivity index (χ0n) is 24.9. The van der Waals surface area contributed by atoms with Crippen LogP contribution in [0.2, 0.25) is 0 Å². The third-order valence-electron chi connectivity index (χ3n) is 7.29. The van der Waals surface area contributed by atoms with Crippen LogP contribution in [-0.4, -0.2) is 56.5 Å². The molecule has 2 aromatic carbocycles. The second-order valence-electron chi connectivity index (χ2n) is 11.7. The van der Waals surface area contributed by atoms with E-state index in [-0.39, 0.29) is 29.3 Å². The summed E-state index contributed by atoms with van der Waals surface area (Å²) in [5.74, 6) is -1.15. The molecule has 1 N–H and O–H groups in total. The number of benzene rings is 2. The molecule has 228 valence electrons. The number of rotatable bonds is 6. The lowest BCUT2D eigenvalue weighted by Gasteiger charge is -2.39. The number of aryl methyl sites for hydroxylation is 1. The quantitative estimate of drug-likeness (QED) is 0.189. The smallest absolute Gasteiger partial charge is 0.410 e. The summed E-state index contributed by atoms with van der Waals surface area (Å²) in [6.45, 7) is 7.93. The van der Waals surface area contributed by atoms with E-state index >= 15 is 4.39 Å². The number of anilines is 3. The first-order valence-corrected chi connectivity index (χ1v) is 14.2. The molecular weight excluding hydrogens is 567 g/mol. The first-order chi connectivity index (χ1) is 20.9. The predicted octanol–water partition coefficient (Wildman–Crippen LogP) is 6.78. The first kappa shape index (κ1) is 30.3. The number of aromatic nitrogens is 2. The van der Waals surface area contributed by atoms with Crippen molar-refractivity contribution < 1.29 is 23.6 Å². The number of amides is 2. The molecule has 5 rings (SSSR count). The van der Waals surface area contributed by atoms with Crippen LogP contribution in [0.4, 0.5) is 32.2 Å². The van der Waals surface area contributed by atoms with Crippen LogP contribution in [-0.2, 0) is 4.74 Å². The second kappa shape index (κ2) is 12.2. The summed E-state index contributed by atoms with van der Waals surface area (Å²) in [6.07, 6.45) is 3.66. The Balaban J connectivity index is 1.53. The standard InChI is InChI=1S/C32H33FN6O5/c1-20-8-5-9-21-14-16-35-29(27(20)21)38(23-10-7-17-37(19-23)31(41)44-32(2,3)4)30(40)24-13-12-22(18-25(24)33)36-28-26(39(42)43)11-6-15-34-28/h5-6,8-9,11-16,18,23H,7,10,17,19H2,1-4H3,(H,34,36)/t23-/m1/s1. The van der Waals surface area contributed by atoms with Crippen LogP contribution in [0, 0.1) is 22.9 Å². The number of nitrogens with zero attached hydrogens (tertiary/aromatic N) is 5. The molecule has 0 aliphatic carbocycles. The number of nitrogens with one attached hydrogen (secondary N) is 1. The lowest BCUT2D eigenvalue weighted by atomic mass is 10.00. The van der Waals surface area contributed by atoms with Gasteiger partial charge in [0.15, 0.2) is 0 Å². The van der Waals surface area contributed by atoms with E-state index in [4.69, 9.17) is 4.74 Å². The molecule has 12 heteroatoms. The van der Waals surface area contributed by atoms with E-state index in [0.29, 0.717) is 25.2 Å². The number of hydrogen-bond donors (Lipinski definition) is 1. The predicted molar refractivity (Wildman–Crippen MR) is 165 cm³/mol. The molecule has 1 fully saturated rings. The molecule has 0 unspecified atom stereocenters. The van der Waals surface area contributed by atoms with Crippen molar-refractivity contribution in [1.29, 1.82) is 0 Å². The van der Waals surface area contributed by atoms with Crippen LogP contribution in [0.5, 0.6) is 0 Å². The summed E-state index contributed by atoms with van der Waals surface area (Å²) >= 11 is 0. The van der Waals surface area contributed by atoms with Crippen LogP contribution in [0.1, 0.15) is 49.5 Å². The number of piperidine rings is 1. The van der Waals surface area contributed by atoms with Gasteiger partial charge in [0.05, 0.1) is 16.5 Å². The number of pyridine rings is 2. The Morgan fingerprint density at radius 2 is 1.91 bits per heavy atom. The van der Waals surface area contributed by atoms with Crippen molar-refractivity contribution in [1.82, 2.24) is 14.9 Å². The molecule has 0 saturated carbocycles. The number of hydrogen-bond acceptors (Lipinski definition) is 8. The first-order valence-electron chi connectivity index (χ1n) is 14.2. The average Bonchev–Trinajstić information content (AvgIpc) is 2.97. The molecule has 11 nitrogen and oxygen atoms in total. The maximum Gasteiger partial charge on any atom is 0.410 e. The van der Waals surface area contributed by atoms with Gasteiger partial charge in [-0.1, -0.05) is 18.2 Å². The Bertz CT molecular complexity index is 1740. The number of carbonyl (C=O) groups is 2. The van der Waals surface area contributed by atoms with Gasteiger partial charge in [-0.25, -0.2) is 19.2 Å². The molecule has 0 radical (unpaired) electrons. The van der Waals surface area contributed by atoms with Crippen LogP contribution < -0.4 is 10.2 Å². The third kappa shape index (κ3) is 6.43. The number of nitro groups is 1. The largest absolute Gasteiger partial charge is 0.444 e. The van der Waals surface area contributed by atoms with Crippen LogP contribution in [0.3, 0.4) is 0 Å². The molecule has 4 aromatic rings. The number of likely N-dealkylation sites (tertiary alicyclic amines) is 1. The van der Waals surface area contributed by atoms with Gasteiger partial charge in [-0.3, -0.25) is 19.8 Å². The fraction of sp³-hybridized carbons (Fsp3) is 0.312. The molecule has 3 heterocycles. The molecular formula is C32H33FN6O5. The molecule has 1 aliphatic rings. The topological polar surface area (TPSA) is 131 Å². The third-order valence-corrected chi connectivity index (χ3v) is 7.29. The van der Waals surface area contributed by atoms with Gasteiger partial charge >= 0.3 is 11.8 Å². The lowest BCUT2D eigenvalue weighted by Crippen LogP contribution is -2.53. The van der Waals surface area contributed by atoms with Crippen LogP contribution in [0.25, 0.3) is 10.8 Å². The van der Waals surface area contributed by atoms with E-state index in [2.05, 4.69) is 15.3 Å². The monoisotopic (exact) mass is 600 g/mol. The van der Waals surface area contributed by atoms with Crippen molar-refractivity contribution in [3.8, 4) is 0 Å². The summed E-state index contributed by atoms with van der Waals surface area (Å²) < 4.78 is 21.3. The maximum atomic E-state index is 15.7. The fourth-order valence-electron chi connectivity index (χ4n) is 5.34. The Labute approximate surface area is 253 Å². The minimum atomic E-state index is -0.833. The number of halogens is 1. The summed E-state index contributed by atoms with van der Waals surface area (Å²) in [5.41, 5.74) is -0.112. The molecule has 1 aliphatic heterocycles. The van der Waals surface area contributed by atoms with Crippen molar-refractivity contribution in [3.05, 3.63) is 94.0 Å². The second-order valence-corrected chi connectivity index (χ2v) is 11.7. The number of fused-ring (bicyclic) bond motifs is 1. The van der Waals surface area contributed by atoms with E-state index in [0.717, 1.165) is 22.4 Å². The van der Waals surface area contributed by atoms with Gasteiger partial charge in [0.1, 0.15) is 17.2 Å². The van der Waals surface area contributed by atoms with Crippen molar-refractivity contribution >= 4 is 45.8 Å². The van der Waals surface area contributed by atoms with Gasteiger partial charge in [0, 0.05) is 42.6 Å². The fourth-order valence-corrected chi connectivity index (χ4v) is 5.34. The number of ether oxygens (including phenoxy) is 1. The van der Waals surface area contributed by atoms with Crippen LogP contribution >= 0.6 is 0 Å². The zero-order valence-corrected chi connectivity index (χ0v) is 24.9. The summed E-state index contributed by atoms with van der Waals surface area (Å²) in [6, 6.07) is 13.7.